The molecule has 2 rings (SSSR count). The van der Waals surface area contributed by atoms with Crippen molar-refractivity contribution in [2.75, 3.05) is 31.4 Å². The molecule has 0 aliphatic carbocycles. The summed E-state index contributed by atoms with van der Waals surface area (Å²) < 4.78 is 5.49. The van der Waals surface area contributed by atoms with Crippen LogP contribution in [0.4, 0.5) is 5.69 Å². The van der Waals surface area contributed by atoms with Crippen LogP contribution in [-0.4, -0.2) is 41.8 Å². The summed E-state index contributed by atoms with van der Waals surface area (Å²) in [6, 6.07) is 7.90. The summed E-state index contributed by atoms with van der Waals surface area (Å²) in [4.78, 5) is 2.03. The second-order valence-electron chi connectivity index (χ2n) is 3.89. The first-order chi connectivity index (χ1) is 8.70. The first kappa shape index (κ1) is 12.9. The van der Waals surface area contributed by atoms with Crippen LogP contribution in [0.1, 0.15) is 0 Å². The first-order valence-electron chi connectivity index (χ1n) is 5.55. The minimum absolute atomic E-state index is 0.0971. The van der Waals surface area contributed by atoms with Crippen molar-refractivity contribution in [1.82, 2.24) is 10.2 Å². The van der Waals surface area contributed by atoms with Crippen molar-refractivity contribution in [3.05, 3.63) is 24.3 Å². The van der Waals surface area contributed by atoms with Gasteiger partial charge in [-0.1, -0.05) is 11.8 Å². The highest BCUT2D eigenvalue weighted by Crippen LogP contribution is 2.24. The van der Waals surface area contributed by atoms with Crippen molar-refractivity contribution in [2.45, 2.75) is 5.22 Å². The molecule has 0 amide bonds. The molecule has 0 saturated heterocycles. The Bertz CT molecular complexity index is 496. The molecule has 96 valence electrons. The highest BCUT2D eigenvalue weighted by molar-refractivity contribution is 7.99. The van der Waals surface area contributed by atoms with E-state index >= 15 is 0 Å². The van der Waals surface area contributed by atoms with Crippen LogP contribution in [0.25, 0.3) is 11.5 Å². The van der Waals surface area contributed by atoms with E-state index in [-0.39, 0.29) is 6.61 Å². The molecule has 0 bridgehead atoms. The van der Waals surface area contributed by atoms with E-state index in [1.807, 2.05) is 43.3 Å². The summed E-state index contributed by atoms with van der Waals surface area (Å²) in [5, 5.41) is 17.1. The van der Waals surface area contributed by atoms with Crippen LogP contribution >= 0.6 is 11.8 Å². The lowest BCUT2D eigenvalue weighted by molar-refractivity contribution is 0.322. The van der Waals surface area contributed by atoms with Gasteiger partial charge in [0.1, 0.15) is 0 Å². The monoisotopic (exact) mass is 265 g/mol. The summed E-state index contributed by atoms with van der Waals surface area (Å²) in [7, 11) is 3.98. The van der Waals surface area contributed by atoms with Crippen molar-refractivity contribution in [1.29, 1.82) is 0 Å². The average molecular weight is 265 g/mol. The highest BCUT2D eigenvalue weighted by Gasteiger charge is 2.08. The van der Waals surface area contributed by atoms with Crippen LogP contribution in [0.2, 0.25) is 0 Å². The van der Waals surface area contributed by atoms with Crippen LogP contribution in [-0.2, 0) is 0 Å². The van der Waals surface area contributed by atoms with E-state index in [9.17, 15) is 0 Å². The van der Waals surface area contributed by atoms with Crippen molar-refractivity contribution in [3.63, 3.8) is 0 Å². The molecule has 0 atom stereocenters. The third kappa shape index (κ3) is 3.02. The van der Waals surface area contributed by atoms with E-state index in [4.69, 9.17) is 9.52 Å². The van der Waals surface area contributed by atoms with Gasteiger partial charge in [0.25, 0.3) is 5.22 Å². The van der Waals surface area contributed by atoms with Gasteiger partial charge in [-0.25, -0.2) is 0 Å². The number of aliphatic hydroxyl groups excluding tert-OH is 1. The van der Waals surface area contributed by atoms with Gasteiger partial charge in [0, 0.05) is 31.1 Å². The lowest BCUT2D eigenvalue weighted by Crippen LogP contribution is -2.07. The Morgan fingerprint density at radius 2 is 1.94 bits per heavy atom. The lowest BCUT2D eigenvalue weighted by Gasteiger charge is -2.11. The van der Waals surface area contributed by atoms with E-state index in [1.165, 1.54) is 11.8 Å². The third-order valence-corrected chi connectivity index (χ3v) is 3.15. The molecule has 1 heterocycles. The van der Waals surface area contributed by atoms with Gasteiger partial charge in [0.15, 0.2) is 0 Å². The fourth-order valence-corrected chi connectivity index (χ4v) is 1.92. The number of aliphatic hydroxyl groups is 1. The van der Waals surface area contributed by atoms with Crippen molar-refractivity contribution < 1.29 is 9.52 Å². The number of anilines is 1. The normalized spacial score (nSPS) is 10.6. The number of hydrogen-bond donors (Lipinski definition) is 1. The summed E-state index contributed by atoms with van der Waals surface area (Å²) in [5.74, 6) is 1.06. The fraction of sp³-hybridized carbons (Fsp3) is 0.333. The minimum Gasteiger partial charge on any atom is -0.411 e. The van der Waals surface area contributed by atoms with Gasteiger partial charge in [0.05, 0.1) is 6.61 Å². The molecule has 0 aliphatic rings. The number of benzene rings is 1. The number of hydrogen-bond acceptors (Lipinski definition) is 6. The van der Waals surface area contributed by atoms with Gasteiger partial charge in [0.2, 0.25) is 5.89 Å². The number of rotatable bonds is 5. The van der Waals surface area contributed by atoms with E-state index < -0.39 is 0 Å². The molecule has 2 aromatic rings. The molecule has 1 aromatic heterocycles. The Balaban J connectivity index is 2.13. The Morgan fingerprint density at radius 1 is 1.22 bits per heavy atom. The smallest absolute Gasteiger partial charge is 0.276 e. The molecular formula is C12H15N3O2S. The van der Waals surface area contributed by atoms with E-state index in [1.54, 1.807) is 0 Å². The molecule has 0 spiro atoms. The lowest BCUT2D eigenvalue weighted by atomic mass is 10.2. The molecule has 0 saturated carbocycles. The second-order valence-corrected chi connectivity index (χ2v) is 4.93. The molecule has 0 fully saturated rings. The van der Waals surface area contributed by atoms with Crippen LogP contribution < -0.4 is 4.90 Å². The largest absolute Gasteiger partial charge is 0.411 e. The maximum Gasteiger partial charge on any atom is 0.276 e. The maximum absolute atomic E-state index is 8.72. The average Bonchev–Trinajstić information content (AvgIpc) is 2.85. The van der Waals surface area contributed by atoms with Gasteiger partial charge < -0.3 is 14.4 Å². The van der Waals surface area contributed by atoms with Crippen molar-refractivity contribution >= 4 is 17.4 Å². The topological polar surface area (TPSA) is 62.4 Å². The van der Waals surface area contributed by atoms with Crippen molar-refractivity contribution in [3.8, 4) is 11.5 Å². The van der Waals surface area contributed by atoms with Crippen molar-refractivity contribution in [2.24, 2.45) is 0 Å². The molecule has 0 aliphatic heterocycles. The molecule has 1 aromatic carbocycles. The molecule has 6 heteroatoms. The Hall–Kier alpha value is -1.53. The van der Waals surface area contributed by atoms with E-state index in [0.29, 0.717) is 16.9 Å². The Labute approximate surface area is 110 Å². The summed E-state index contributed by atoms with van der Waals surface area (Å²) >= 11 is 1.35. The SMILES string of the molecule is CN(C)c1ccc(-c2nnc(SCCO)o2)cc1. The standard InChI is InChI=1S/C12H15N3O2S/c1-15(2)10-5-3-9(4-6-10)11-13-14-12(17-11)18-8-7-16/h3-6,16H,7-8H2,1-2H3. The highest BCUT2D eigenvalue weighted by atomic mass is 32.2. The van der Waals surface area contributed by atoms with E-state index in [0.717, 1.165) is 11.3 Å². The zero-order valence-corrected chi connectivity index (χ0v) is 11.1. The number of nitrogens with zero attached hydrogens (tertiary/aromatic N) is 3. The minimum atomic E-state index is 0.0971. The zero-order chi connectivity index (χ0) is 13.0. The Morgan fingerprint density at radius 3 is 2.56 bits per heavy atom. The second kappa shape index (κ2) is 5.88. The number of thioether (sulfide) groups is 1. The predicted molar refractivity (Wildman–Crippen MR) is 71.9 cm³/mol. The van der Waals surface area contributed by atoms with Gasteiger partial charge in [-0.2, -0.15) is 0 Å². The van der Waals surface area contributed by atoms with Gasteiger partial charge >= 0.3 is 0 Å². The molecular weight excluding hydrogens is 250 g/mol. The summed E-state index contributed by atoms with van der Waals surface area (Å²) in [6.07, 6.45) is 0. The predicted octanol–water partition coefficient (Wildman–Crippen LogP) is 1.89. The number of aromatic nitrogens is 2. The van der Waals surface area contributed by atoms with Gasteiger partial charge in [-0.15, -0.1) is 10.2 Å². The zero-order valence-electron chi connectivity index (χ0n) is 10.3. The molecule has 18 heavy (non-hydrogen) atoms. The first-order valence-corrected chi connectivity index (χ1v) is 6.54. The quantitative estimate of drug-likeness (QED) is 0.833. The van der Waals surface area contributed by atoms with Crippen LogP contribution in [0.5, 0.6) is 0 Å². The molecule has 1 N–H and O–H groups in total. The fourth-order valence-electron chi connectivity index (χ4n) is 1.42. The molecule has 0 unspecified atom stereocenters. The van der Waals surface area contributed by atoms with Gasteiger partial charge in [-0.3, -0.25) is 0 Å². The maximum atomic E-state index is 8.72. The van der Waals surface area contributed by atoms with Gasteiger partial charge in [-0.05, 0) is 24.3 Å². The van der Waals surface area contributed by atoms with Crippen LogP contribution in [0.15, 0.2) is 33.9 Å². The van der Waals surface area contributed by atoms with Crippen LogP contribution in [0.3, 0.4) is 0 Å². The summed E-state index contributed by atoms with van der Waals surface area (Å²) in [5.41, 5.74) is 2.01. The third-order valence-electron chi connectivity index (χ3n) is 2.35. The molecule has 5 nitrogen and oxygen atoms in total. The van der Waals surface area contributed by atoms with Crippen LogP contribution in [0, 0.1) is 0 Å². The summed E-state index contributed by atoms with van der Waals surface area (Å²) in [6.45, 7) is 0.0971. The Kier molecular flexibility index (Phi) is 4.22. The van der Waals surface area contributed by atoms with E-state index in [2.05, 4.69) is 10.2 Å². The molecule has 0 radical (unpaired) electrons.